The molecule has 2 aliphatic heterocycles. The smallest absolute Gasteiger partial charge is 0.255 e. The molecule has 35 heavy (non-hydrogen) atoms. The molecule has 1 aliphatic carbocycles. The van der Waals surface area contributed by atoms with Crippen LogP contribution in [0.2, 0.25) is 0 Å². The van der Waals surface area contributed by atoms with Crippen molar-refractivity contribution in [3.8, 4) is 0 Å². The van der Waals surface area contributed by atoms with Crippen LogP contribution in [0.1, 0.15) is 104 Å². The largest absolute Gasteiger partial charge is 0.338 e. The normalized spacial score (nSPS) is 23.9. The molecule has 0 radical (unpaired) electrons. The van der Waals surface area contributed by atoms with Gasteiger partial charge in [0.1, 0.15) is 0 Å². The summed E-state index contributed by atoms with van der Waals surface area (Å²) >= 11 is 0. The quantitative estimate of drug-likeness (QED) is 0.494. The summed E-state index contributed by atoms with van der Waals surface area (Å²) in [6, 6.07) is 13.2. The van der Waals surface area contributed by atoms with Crippen LogP contribution in [-0.4, -0.2) is 46.9 Å². The molecule has 188 valence electrons. The van der Waals surface area contributed by atoms with Gasteiger partial charge >= 0.3 is 0 Å². The predicted octanol–water partition coefficient (Wildman–Crippen LogP) is 6.55. The fourth-order valence-electron chi connectivity index (χ4n) is 6.66. The van der Waals surface area contributed by atoms with Gasteiger partial charge in [0.25, 0.3) is 5.91 Å². The lowest BCUT2D eigenvalue weighted by Gasteiger charge is -2.41. The van der Waals surface area contributed by atoms with Gasteiger partial charge in [0.05, 0.1) is 11.3 Å². The molecule has 3 fully saturated rings. The Morgan fingerprint density at radius 2 is 1.63 bits per heavy atom. The number of hydrogen-bond donors (Lipinski definition) is 0. The summed E-state index contributed by atoms with van der Waals surface area (Å²) in [4.78, 5) is 23.4. The highest BCUT2D eigenvalue weighted by Crippen LogP contribution is 2.37. The maximum atomic E-state index is 13.7. The minimum absolute atomic E-state index is 0.226. The van der Waals surface area contributed by atoms with Crippen molar-refractivity contribution in [2.24, 2.45) is 11.8 Å². The van der Waals surface area contributed by atoms with Gasteiger partial charge in [-0.15, -0.1) is 0 Å². The Morgan fingerprint density at radius 1 is 0.914 bits per heavy atom. The van der Waals surface area contributed by atoms with Gasteiger partial charge in [-0.25, -0.2) is 0 Å². The molecule has 1 aromatic heterocycles. The Bertz CT molecular complexity index is 1010. The van der Waals surface area contributed by atoms with Gasteiger partial charge < -0.3 is 4.90 Å². The molecule has 0 unspecified atom stereocenters. The van der Waals surface area contributed by atoms with Crippen LogP contribution in [0, 0.1) is 18.8 Å². The number of fused-ring (bicyclic) bond motifs is 1. The van der Waals surface area contributed by atoms with Gasteiger partial charge in [0, 0.05) is 31.2 Å². The molecule has 1 saturated carbocycles. The zero-order chi connectivity index (χ0) is 24.4. The van der Waals surface area contributed by atoms with Crippen molar-refractivity contribution in [1.82, 2.24) is 14.8 Å². The van der Waals surface area contributed by atoms with Gasteiger partial charge in [-0.3, -0.25) is 14.7 Å². The van der Waals surface area contributed by atoms with Crippen molar-refractivity contribution in [2.75, 3.05) is 26.2 Å². The maximum Gasteiger partial charge on any atom is 0.255 e. The number of rotatable bonds is 5. The van der Waals surface area contributed by atoms with Gasteiger partial charge in [-0.2, -0.15) is 0 Å². The summed E-state index contributed by atoms with van der Waals surface area (Å²) in [7, 11) is 0. The number of pyridine rings is 1. The highest BCUT2D eigenvalue weighted by Gasteiger charge is 2.35. The van der Waals surface area contributed by atoms with Crippen molar-refractivity contribution < 1.29 is 4.79 Å². The Balaban J connectivity index is 1.23. The zero-order valence-electron chi connectivity index (χ0n) is 22.0. The fraction of sp³-hybridized carbons (Fsp3) is 0.613. The van der Waals surface area contributed by atoms with E-state index in [0.717, 1.165) is 68.4 Å². The van der Waals surface area contributed by atoms with Crippen LogP contribution >= 0.6 is 0 Å². The maximum absolute atomic E-state index is 13.7. The molecule has 4 heteroatoms. The molecule has 3 heterocycles. The Hall–Kier alpha value is -2.20. The second-order valence-corrected chi connectivity index (χ2v) is 11.7. The summed E-state index contributed by atoms with van der Waals surface area (Å²) in [5.74, 6) is 2.73. The van der Waals surface area contributed by atoms with E-state index in [4.69, 9.17) is 4.98 Å². The highest BCUT2D eigenvalue weighted by molar-refractivity contribution is 5.95. The first kappa shape index (κ1) is 24.5. The fourth-order valence-corrected chi connectivity index (χ4v) is 6.66. The lowest BCUT2D eigenvalue weighted by molar-refractivity contribution is 0.0518. The van der Waals surface area contributed by atoms with E-state index in [2.05, 4.69) is 60.9 Å². The number of benzene rings is 1. The number of aromatic nitrogens is 1. The van der Waals surface area contributed by atoms with Gasteiger partial charge in [-0.05, 0) is 86.7 Å². The first-order chi connectivity index (χ1) is 17.0. The average molecular weight is 474 g/mol. The molecular formula is C31H43N3O. The standard InChI is InChI=1S/C31H43N3O/c1-22(2)25-11-9-24(10-12-25)20-33-17-14-27(15-18-33)30-29(13-8-23(3)32-30)31(35)34-19-16-26-6-4-5-7-28(26)21-34/h8-13,22,26-28H,4-7,14-21H2,1-3H3/t26-,28-/m1/s1. The van der Waals surface area contributed by atoms with E-state index in [0.29, 0.717) is 17.8 Å². The van der Waals surface area contributed by atoms with Gasteiger partial charge in [-0.1, -0.05) is 57.4 Å². The van der Waals surface area contributed by atoms with E-state index in [1.54, 1.807) is 0 Å². The molecular weight excluding hydrogens is 430 g/mol. The number of amides is 1. The van der Waals surface area contributed by atoms with Crippen molar-refractivity contribution in [1.29, 1.82) is 0 Å². The Kier molecular flexibility index (Phi) is 7.57. The number of nitrogens with zero attached hydrogens (tertiary/aromatic N) is 3. The molecule has 3 aliphatic rings. The lowest BCUT2D eigenvalue weighted by atomic mass is 9.75. The van der Waals surface area contributed by atoms with E-state index in [-0.39, 0.29) is 5.91 Å². The number of carbonyl (C=O) groups is 1. The van der Waals surface area contributed by atoms with Crippen LogP contribution < -0.4 is 0 Å². The molecule has 1 aromatic carbocycles. The van der Waals surface area contributed by atoms with Crippen LogP contribution in [0.15, 0.2) is 36.4 Å². The summed E-state index contributed by atoms with van der Waals surface area (Å²) in [6.45, 7) is 11.6. The third kappa shape index (κ3) is 5.63. The second-order valence-electron chi connectivity index (χ2n) is 11.7. The molecule has 0 spiro atoms. The Morgan fingerprint density at radius 3 is 2.34 bits per heavy atom. The van der Waals surface area contributed by atoms with Gasteiger partial charge in [0.15, 0.2) is 0 Å². The zero-order valence-corrected chi connectivity index (χ0v) is 22.0. The van der Waals surface area contributed by atoms with Crippen molar-refractivity contribution in [3.63, 3.8) is 0 Å². The molecule has 4 nitrogen and oxygen atoms in total. The average Bonchev–Trinajstić information content (AvgIpc) is 2.89. The predicted molar refractivity (Wildman–Crippen MR) is 143 cm³/mol. The molecule has 2 saturated heterocycles. The van der Waals surface area contributed by atoms with E-state index < -0.39 is 0 Å². The summed E-state index contributed by atoms with van der Waals surface area (Å²) in [5, 5.41) is 0. The van der Waals surface area contributed by atoms with E-state index in [9.17, 15) is 4.79 Å². The third-order valence-electron chi connectivity index (χ3n) is 8.90. The first-order valence-corrected chi connectivity index (χ1v) is 14.1. The number of piperidine rings is 2. The molecule has 2 aromatic rings. The minimum Gasteiger partial charge on any atom is -0.338 e. The minimum atomic E-state index is 0.226. The Labute approximate surface area is 212 Å². The highest BCUT2D eigenvalue weighted by atomic mass is 16.2. The topological polar surface area (TPSA) is 36.4 Å². The van der Waals surface area contributed by atoms with Crippen LogP contribution in [0.5, 0.6) is 0 Å². The second kappa shape index (κ2) is 10.8. The SMILES string of the molecule is Cc1ccc(C(=O)N2CC[C@H]3CCCC[C@@H]3C2)c(C2CCN(Cc3ccc(C(C)C)cc3)CC2)n1. The third-order valence-corrected chi connectivity index (χ3v) is 8.90. The summed E-state index contributed by atoms with van der Waals surface area (Å²) in [6.07, 6.45) is 8.71. The first-order valence-electron chi connectivity index (χ1n) is 14.1. The molecule has 0 N–H and O–H groups in total. The lowest BCUT2D eigenvalue weighted by Crippen LogP contribution is -2.45. The molecule has 0 bridgehead atoms. The van der Waals surface area contributed by atoms with Crippen molar-refractivity contribution in [2.45, 2.75) is 84.1 Å². The molecule has 1 amide bonds. The van der Waals surface area contributed by atoms with Crippen LogP contribution in [0.3, 0.4) is 0 Å². The van der Waals surface area contributed by atoms with Crippen LogP contribution in [-0.2, 0) is 6.54 Å². The number of hydrogen-bond acceptors (Lipinski definition) is 3. The van der Waals surface area contributed by atoms with E-state index in [1.165, 1.54) is 43.2 Å². The van der Waals surface area contributed by atoms with E-state index in [1.807, 2.05) is 6.07 Å². The number of aryl methyl sites for hydroxylation is 1. The molecule has 2 atom stereocenters. The summed E-state index contributed by atoms with van der Waals surface area (Å²) in [5.41, 5.74) is 5.75. The van der Waals surface area contributed by atoms with Crippen LogP contribution in [0.4, 0.5) is 0 Å². The van der Waals surface area contributed by atoms with Crippen LogP contribution in [0.25, 0.3) is 0 Å². The molecule has 5 rings (SSSR count). The number of likely N-dealkylation sites (tertiary alicyclic amines) is 2. The van der Waals surface area contributed by atoms with Crippen molar-refractivity contribution in [3.05, 3.63) is 64.5 Å². The number of carbonyl (C=O) groups excluding carboxylic acids is 1. The van der Waals surface area contributed by atoms with Gasteiger partial charge in [0.2, 0.25) is 0 Å². The van der Waals surface area contributed by atoms with E-state index >= 15 is 0 Å². The van der Waals surface area contributed by atoms with Crippen molar-refractivity contribution >= 4 is 5.91 Å². The monoisotopic (exact) mass is 473 g/mol. The summed E-state index contributed by atoms with van der Waals surface area (Å²) < 4.78 is 0.